The Hall–Kier alpha value is -0.940. The molecule has 1 fully saturated rings. The standard InChI is InChI=1S/C11H19N3O2/c1-8-13-14-11(16-8)7-15-10-5-3-9(12-2)4-6-10/h9-10,12H,3-7H2,1-2H3. The van der Waals surface area contributed by atoms with E-state index in [9.17, 15) is 0 Å². The zero-order valence-corrected chi connectivity index (χ0v) is 9.90. The molecule has 1 heterocycles. The lowest BCUT2D eigenvalue weighted by Gasteiger charge is -2.27. The molecule has 5 heteroatoms. The molecule has 0 saturated heterocycles. The number of nitrogens with one attached hydrogen (secondary N) is 1. The molecule has 0 amide bonds. The summed E-state index contributed by atoms with van der Waals surface area (Å²) in [5.41, 5.74) is 0. The second-order valence-electron chi connectivity index (χ2n) is 4.29. The molecule has 1 aliphatic rings. The highest BCUT2D eigenvalue weighted by Gasteiger charge is 2.20. The van der Waals surface area contributed by atoms with E-state index < -0.39 is 0 Å². The van der Waals surface area contributed by atoms with E-state index in [0.717, 1.165) is 12.8 Å². The summed E-state index contributed by atoms with van der Waals surface area (Å²) in [6.07, 6.45) is 4.93. The van der Waals surface area contributed by atoms with E-state index in [1.54, 1.807) is 6.92 Å². The van der Waals surface area contributed by atoms with Crippen LogP contribution in [0, 0.1) is 6.92 Å². The predicted octanol–water partition coefficient (Wildman–Crippen LogP) is 1.43. The molecule has 0 atom stereocenters. The molecule has 90 valence electrons. The lowest BCUT2D eigenvalue weighted by molar-refractivity contribution is 0.00185. The van der Waals surface area contributed by atoms with E-state index in [1.165, 1.54) is 12.8 Å². The number of rotatable bonds is 4. The van der Waals surface area contributed by atoms with Gasteiger partial charge in [0.15, 0.2) is 0 Å². The van der Waals surface area contributed by atoms with Gasteiger partial charge in [-0.15, -0.1) is 10.2 Å². The molecule has 16 heavy (non-hydrogen) atoms. The summed E-state index contributed by atoms with van der Waals surface area (Å²) in [7, 11) is 2.02. The highest BCUT2D eigenvalue weighted by Crippen LogP contribution is 2.21. The molecule has 1 aromatic rings. The van der Waals surface area contributed by atoms with Crippen LogP contribution in [0.1, 0.15) is 37.5 Å². The fourth-order valence-electron chi connectivity index (χ4n) is 2.10. The minimum Gasteiger partial charge on any atom is -0.423 e. The molecular formula is C11H19N3O2. The molecule has 0 radical (unpaired) electrons. The van der Waals surface area contributed by atoms with Crippen LogP contribution in [-0.2, 0) is 11.3 Å². The predicted molar refractivity (Wildman–Crippen MR) is 58.9 cm³/mol. The van der Waals surface area contributed by atoms with Crippen molar-refractivity contribution < 1.29 is 9.15 Å². The quantitative estimate of drug-likeness (QED) is 0.839. The molecule has 0 bridgehead atoms. The van der Waals surface area contributed by atoms with E-state index in [4.69, 9.17) is 9.15 Å². The van der Waals surface area contributed by atoms with Gasteiger partial charge in [0.05, 0.1) is 6.10 Å². The van der Waals surface area contributed by atoms with Gasteiger partial charge >= 0.3 is 0 Å². The molecule has 5 nitrogen and oxygen atoms in total. The Morgan fingerprint density at radius 2 is 2.06 bits per heavy atom. The van der Waals surface area contributed by atoms with E-state index in [-0.39, 0.29) is 0 Å². The molecule has 0 aromatic carbocycles. The summed E-state index contributed by atoms with van der Waals surface area (Å²) in [5.74, 6) is 1.17. The Bertz CT molecular complexity index is 319. The van der Waals surface area contributed by atoms with E-state index in [2.05, 4.69) is 15.5 Å². The van der Waals surface area contributed by atoms with Crippen LogP contribution in [0.4, 0.5) is 0 Å². The summed E-state index contributed by atoms with van der Waals surface area (Å²) < 4.78 is 11.0. The second kappa shape index (κ2) is 5.41. The normalized spacial score (nSPS) is 25.9. The van der Waals surface area contributed by atoms with Gasteiger partial charge in [0.25, 0.3) is 0 Å². The molecule has 1 N–H and O–H groups in total. The van der Waals surface area contributed by atoms with Crippen molar-refractivity contribution in [3.63, 3.8) is 0 Å². The highest BCUT2D eigenvalue weighted by molar-refractivity contribution is 4.79. The third-order valence-corrected chi connectivity index (χ3v) is 3.09. The first-order chi connectivity index (χ1) is 7.78. The van der Waals surface area contributed by atoms with Crippen LogP contribution in [-0.4, -0.2) is 29.4 Å². The second-order valence-corrected chi connectivity index (χ2v) is 4.29. The number of nitrogens with zero attached hydrogens (tertiary/aromatic N) is 2. The van der Waals surface area contributed by atoms with E-state index >= 15 is 0 Å². The van der Waals surface area contributed by atoms with Gasteiger partial charge in [-0.25, -0.2) is 0 Å². The Morgan fingerprint density at radius 3 is 2.62 bits per heavy atom. The maximum atomic E-state index is 5.75. The molecular weight excluding hydrogens is 206 g/mol. The lowest BCUT2D eigenvalue weighted by atomic mass is 9.93. The monoisotopic (exact) mass is 225 g/mol. The third kappa shape index (κ3) is 3.02. The SMILES string of the molecule is CNC1CCC(OCc2nnc(C)o2)CC1. The Kier molecular flexibility index (Phi) is 3.90. The summed E-state index contributed by atoms with van der Waals surface area (Å²) in [5, 5.41) is 11.0. The van der Waals surface area contributed by atoms with E-state index in [0.29, 0.717) is 30.5 Å². The number of aromatic nitrogens is 2. The first-order valence-electron chi connectivity index (χ1n) is 5.86. The summed E-state index contributed by atoms with van der Waals surface area (Å²) in [6, 6.07) is 0.658. The van der Waals surface area contributed by atoms with Crippen molar-refractivity contribution in [2.45, 2.75) is 51.4 Å². The largest absolute Gasteiger partial charge is 0.423 e. The van der Waals surface area contributed by atoms with Gasteiger partial charge in [-0.3, -0.25) is 0 Å². The van der Waals surface area contributed by atoms with Gasteiger partial charge in [0.1, 0.15) is 6.61 Å². The van der Waals surface area contributed by atoms with Crippen LogP contribution in [0.3, 0.4) is 0 Å². The maximum absolute atomic E-state index is 5.75. The van der Waals surface area contributed by atoms with Gasteiger partial charge in [0.2, 0.25) is 11.8 Å². The topological polar surface area (TPSA) is 60.2 Å². The van der Waals surface area contributed by atoms with Crippen molar-refractivity contribution in [2.24, 2.45) is 0 Å². The van der Waals surface area contributed by atoms with Crippen LogP contribution in [0.25, 0.3) is 0 Å². The van der Waals surface area contributed by atoms with Crippen LogP contribution in [0.15, 0.2) is 4.42 Å². The number of ether oxygens (including phenoxy) is 1. The minimum absolute atomic E-state index is 0.344. The third-order valence-electron chi connectivity index (χ3n) is 3.09. The maximum Gasteiger partial charge on any atom is 0.242 e. The Balaban J connectivity index is 1.71. The zero-order chi connectivity index (χ0) is 11.4. The molecule has 0 aliphatic heterocycles. The van der Waals surface area contributed by atoms with Crippen molar-refractivity contribution >= 4 is 0 Å². The fraction of sp³-hybridized carbons (Fsp3) is 0.818. The van der Waals surface area contributed by atoms with Gasteiger partial charge < -0.3 is 14.5 Å². The summed E-state index contributed by atoms with van der Waals surface area (Å²) in [6.45, 7) is 2.23. The average Bonchev–Trinajstić information content (AvgIpc) is 2.73. The number of hydrogen-bond donors (Lipinski definition) is 1. The van der Waals surface area contributed by atoms with Gasteiger partial charge in [-0.2, -0.15) is 0 Å². The number of hydrogen-bond acceptors (Lipinski definition) is 5. The summed E-state index contributed by atoms with van der Waals surface area (Å²) >= 11 is 0. The first-order valence-corrected chi connectivity index (χ1v) is 5.86. The fourth-order valence-corrected chi connectivity index (χ4v) is 2.10. The minimum atomic E-state index is 0.344. The van der Waals surface area contributed by atoms with Crippen LogP contribution >= 0.6 is 0 Å². The average molecular weight is 225 g/mol. The van der Waals surface area contributed by atoms with Crippen LogP contribution in [0.5, 0.6) is 0 Å². The molecule has 1 saturated carbocycles. The molecule has 0 unspecified atom stereocenters. The van der Waals surface area contributed by atoms with Crippen molar-refractivity contribution in [1.82, 2.24) is 15.5 Å². The van der Waals surface area contributed by atoms with Crippen LogP contribution in [0.2, 0.25) is 0 Å². The van der Waals surface area contributed by atoms with Gasteiger partial charge in [0, 0.05) is 13.0 Å². The highest BCUT2D eigenvalue weighted by atomic mass is 16.5. The van der Waals surface area contributed by atoms with Crippen LogP contribution < -0.4 is 5.32 Å². The van der Waals surface area contributed by atoms with Crippen molar-refractivity contribution in [2.75, 3.05) is 7.05 Å². The Morgan fingerprint density at radius 1 is 1.31 bits per heavy atom. The van der Waals surface area contributed by atoms with Crippen molar-refractivity contribution in [1.29, 1.82) is 0 Å². The molecule has 1 aliphatic carbocycles. The molecule has 0 spiro atoms. The molecule has 1 aromatic heterocycles. The lowest BCUT2D eigenvalue weighted by Crippen LogP contribution is -2.32. The van der Waals surface area contributed by atoms with Gasteiger partial charge in [-0.1, -0.05) is 0 Å². The van der Waals surface area contributed by atoms with Crippen molar-refractivity contribution in [3.8, 4) is 0 Å². The van der Waals surface area contributed by atoms with Crippen molar-refractivity contribution in [3.05, 3.63) is 11.8 Å². The van der Waals surface area contributed by atoms with Gasteiger partial charge in [-0.05, 0) is 32.7 Å². The first kappa shape index (κ1) is 11.5. The zero-order valence-electron chi connectivity index (χ0n) is 9.90. The number of aryl methyl sites for hydroxylation is 1. The van der Waals surface area contributed by atoms with E-state index in [1.807, 2.05) is 7.05 Å². The smallest absolute Gasteiger partial charge is 0.242 e. The Labute approximate surface area is 95.6 Å². The molecule has 2 rings (SSSR count). The summed E-state index contributed by atoms with van der Waals surface area (Å²) in [4.78, 5) is 0.